The van der Waals surface area contributed by atoms with E-state index in [1.807, 2.05) is 26.8 Å². The van der Waals surface area contributed by atoms with E-state index in [4.69, 9.17) is 0 Å². The highest BCUT2D eigenvalue weighted by Crippen LogP contribution is 2.30. The fourth-order valence-electron chi connectivity index (χ4n) is 1.72. The molecule has 0 saturated heterocycles. The van der Waals surface area contributed by atoms with Crippen LogP contribution in [0, 0.1) is 5.95 Å². The van der Waals surface area contributed by atoms with Crippen molar-refractivity contribution in [3.05, 3.63) is 30.0 Å². The van der Waals surface area contributed by atoms with E-state index in [0.29, 0.717) is 5.56 Å². The summed E-state index contributed by atoms with van der Waals surface area (Å²) in [7, 11) is 0. The Morgan fingerprint density at radius 2 is 2.07 bits per heavy atom. The zero-order valence-electron chi connectivity index (χ0n) is 8.56. The van der Waals surface area contributed by atoms with Crippen molar-refractivity contribution in [2.24, 2.45) is 0 Å². The predicted molar refractivity (Wildman–Crippen MR) is 54.8 cm³/mol. The molecule has 0 aliphatic carbocycles. The average Bonchev–Trinajstić information content (AvgIpc) is 2.48. The molecule has 0 atom stereocenters. The van der Waals surface area contributed by atoms with E-state index in [-0.39, 0.29) is 11.4 Å². The van der Waals surface area contributed by atoms with Crippen LogP contribution >= 0.6 is 0 Å². The summed E-state index contributed by atoms with van der Waals surface area (Å²) in [6, 6.07) is 1.89. The summed E-state index contributed by atoms with van der Waals surface area (Å²) >= 11 is 0. The molecule has 74 valence electrons. The summed E-state index contributed by atoms with van der Waals surface area (Å²) in [5.41, 5.74) is 1.34. The number of pyridine rings is 1. The summed E-state index contributed by atoms with van der Waals surface area (Å²) in [6.07, 6.45) is 3.33. The van der Waals surface area contributed by atoms with E-state index >= 15 is 0 Å². The van der Waals surface area contributed by atoms with E-state index in [2.05, 4.69) is 9.97 Å². The number of nitrogens with one attached hydrogen (secondary N) is 1. The molecule has 0 bridgehead atoms. The summed E-state index contributed by atoms with van der Waals surface area (Å²) in [6.45, 7) is 5.96. The number of hydrogen-bond donors (Lipinski definition) is 1. The number of H-pyrrole nitrogens is 1. The molecule has 2 aromatic heterocycles. The van der Waals surface area contributed by atoms with Crippen molar-refractivity contribution in [1.82, 2.24) is 9.97 Å². The van der Waals surface area contributed by atoms with Gasteiger partial charge in [-0.25, -0.2) is 4.98 Å². The first-order valence-electron chi connectivity index (χ1n) is 4.62. The topological polar surface area (TPSA) is 28.7 Å². The molecule has 0 spiro atoms. The molecule has 2 heterocycles. The second-order valence-corrected chi connectivity index (χ2v) is 4.48. The number of aromatic amines is 1. The van der Waals surface area contributed by atoms with Gasteiger partial charge in [0.25, 0.3) is 0 Å². The van der Waals surface area contributed by atoms with E-state index < -0.39 is 0 Å². The largest absolute Gasteiger partial charge is 0.360 e. The molecule has 14 heavy (non-hydrogen) atoms. The van der Waals surface area contributed by atoms with Crippen LogP contribution in [0.2, 0.25) is 0 Å². The normalized spacial score (nSPS) is 12.3. The first-order valence-corrected chi connectivity index (χ1v) is 4.62. The molecule has 2 nitrogen and oxygen atoms in total. The SMILES string of the molecule is CC(C)(C)c1c(F)ncc2[nH]ccc12. The number of rotatable bonds is 0. The Hall–Kier alpha value is -1.38. The van der Waals surface area contributed by atoms with Gasteiger partial charge in [-0.05, 0) is 11.5 Å². The van der Waals surface area contributed by atoms with Gasteiger partial charge in [-0.3, -0.25) is 0 Å². The van der Waals surface area contributed by atoms with Crippen LogP contribution in [0.3, 0.4) is 0 Å². The third-order valence-electron chi connectivity index (χ3n) is 2.31. The number of halogens is 1. The van der Waals surface area contributed by atoms with Crippen molar-refractivity contribution >= 4 is 10.9 Å². The molecule has 3 heteroatoms. The maximum atomic E-state index is 13.6. The van der Waals surface area contributed by atoms with Crippen molar-refractivity contribution in [2.75, 3.05) is 0 Å². The second-order valence-electron chi connectivity index (χ2n) is 4.48. The Bertz CT molecular complexity index is 466. The molecular weight excluding hydrogens is 179 g/mol. The van der Waals surface area contributed by atoms with Crippen molar-refractivity contribution in [3.8, 4) is 0 Å². The third-order valence-corrected chi connectivity index (χ3v) is 2.31. The quantitative estimate of drug-likeness (QED) is 0.638. The fraction of sp³-hybridized carbons (Fsp3) is 0.364. The second kappa shape index (κ2) is 2.80. The van der Waals surface area contributed by atoms with Crippen LogP contribution in [0.15, 0.2) is 18.5 Å². The number of hydrogen-bond acceptors (Lipinski definition) is 1. The van der Waals surface area contributed by atoms with Crippen LogP contribution < -0.4 is 0 Å². The Morgan fingerprint density at radius 1 is 1.36 bits per heavy atom. The van der Waals surface area contributed by atoms with Gasteiger partial charge in [-0.15, -0.1) is 0 Å². The van der Waals surface area contributed by atoms with Crippen LogP contribution in [-0.2, 0) is 5.41 Å². The first-order chi connectivity index (χ1) is 6.50. The van der Waals surface area contributed by atoms with E-state index in [0.717, 1.165) is 10.9 Å². The summed E-state index contributed by atoms with van der Waals surface area (Å²) < 4.78 is 13.6. The number of aromatic nitrogens is 2. The molecule has 2 rings (SSSR count). The van der Waals surface area contributed by atoms with Crippen LogP contribution in [0.25, 0.3) is 10.9 Å². The lowest BCUT2D eigenvalue weighted by atomic mass is 9.86. The molecule has 2 aromatic rings. The lowest BCUT2D eigenvalue weighted by Gasteiger charge is -2.19. The van der Waals surface area contributed by atoms with Gasteiger partial charge in [0.2, 0.25) is 5.95 Å². The Kier molecular flexibility index (Phi) is 1.84. The van der Waals surface area contributed by atoms with Gasteiger partial charge >= 0.3 is 0 Å². The molecule has 0 aliphatic heterocycles. The molecule has 1 N–H and O–H groups in total. The molecular formula is C11H13FN2. The van der Waals surface area contributed by atoms with Gasteiger partial charge in [0.1, 0.15) is 0 Å². The molecule has 0 radical (unpaired) electrons. The smallest absolute Gasteiger partial charge is 0.217 e. The fourth-order valence-corrected chi connectivity index (χ4v) is 1.72. The molecule has 0 unspecified atom stereocenters. The highest BCUT2D eigenvalue weighted by atomic mass is 19.1. The van der Waals surface area contributed by atoms with Crippen molar-refractivity contribution in [3.63, 3.8) is 0 Å². The maximum absolute atomic E-state index is 13.6. The van der Waals surface area contributed by atoms with Gasteiger partial charge in [0.15, 0.2) is 0 Å². The highest BCUT2D eigenvalue weighted by molar-refractivity contribution is 5.82. The standard InChI is InChI=1S/C11H13FN2/c1-11(2,3)9-7-4-5-13-8(7)6-14-10(9)12/h4-6,13H,1-3H3. The number of nitrogens with zero attached hydrogens (tertiary/aromatic N) is 1. The Balaban J connectivity index is 2.83. The molecule has 0 saturated carbocycles. The van der Waals surface area contributed by atoms with Gasteiger partial charge in [-0.2, -0.15) is 4.39 Å². The lowest BCUT2D eigenvalue weighted by Crippen LogP contribution is -2.14. The predicted octanol–water partition coefficient (Wildman–Crippen LogP) is 3.00. The Labute approximate surface area is 82.2 Å². The third kappa shape index (κ3) is 1.29. The minimum absolute atomic E-state index is 0.223. The number of fused-ring (bicyclic) bond motifs is 1. The zero-order chi connectivity index (χ0) is 10.3. The zero-order valence-corrected chi connectivity index (χ0v) is 8.56. The minimum Gasteiger partial charge on any atom is -0.360 e. The van der Waals surface area contributed by atoms with E-state index in [9.17, 15) is 4.39 Å². The summed E-state index contributed by atoms with van der Waals surface area (Å²) in [5, 5.41) is 0.921. The minimum atomic E-state index is -0.371. The van der Waals surface area contributed by atoms with Crippen LogP contribution in [0.1, 0.15) is 26.3 Å². The maximum Gasteiger partial charge on any atom is 0.217 e. The Morgan fingerprint density at radius 3 is 2.71 bits per heavy atom. The molecule has 0 aromatic carbocycles. The van der Waals surface area contributed by atoms with Gasteiger partial charge in [0, 0.05) is 17.1 Å². The van der Waals surface area contributed by atoms with Gasteiger partial charge in [0.05, 0.1) is 11.7 Å². The van der Waals surface area contributed by atoms with Crippen molar-refractivity contribution in [2.45, 2.75) is 26.2 Å². The monoisotopic (exact) mass is 192 g/mol. The van der Waals surface area contributed by atoms with Crippen molar-refractivity contribution in [1.29, 1.82) is 0 Å². The molecule has 0 aliphatic rings. The van der Waals surface area contributed by atoms with Gasteiger partial charge < -0.3 is 4.98 Å². The molecule has 0 fully saturated rings. The van der Waals surface area contributed by atoms with E-state index in [1.165, 1.54) is 6.20 Å². The van der Waals surface area contributed by atoms with E-state index in [1.54, 1.807) is 6.20 Å². The summed E-state index contributed by atoms with van der Waals surface area (Å²) in [4.78, 5) is 6.78. The first kappa shape index (κ1) is 9.19. The summed E-state index contributed by atoms with van der Waals surface area (Å²) in [5.74, 6) is -0.371. The van der Waals surface area contributed by atoms with Crippen molar-refractivity contribution < 1.29 is 4.39 Å². The van der Waals surface area contributed by atoms with Crippen LogP contribution in [-0.4, -0.2) is 9.97 Å². The lowest BCUT2D eigenvalue weighted by molar-refractivity contribution is 0.505. The highest BCUT2D eigenvalue weighted by Gasteiger charge is 2.22. The molecule has 0 amide bonds. The van der Waals surface area contributed by atoms with Gasteiger partial charge in [-0.1, -0.05) is 20.8 Å². The van der Waals surface area contributed by atoms with Crippen LogP contribution in [0.5, 0.6) is 0 Å². The average molecular weight is 192 g/mol. The van der Waals surface area contributed by atoms with Crippen LogP contribution in [0.4, 0.5) is 4.39 Å².